The lowest BCUT2D eigenvalue weighted by atomic mass is 9.63. The summed E-state index contributed by atoms with van der Waals surface area (Å²) in [6.07, 6.45) is 0. The fourth-order valence-electron chi connectivity index (χ4n) is 2.93. The SMILES string of the molecule is Cc1ccc(N2[B]c3ccccc3[B]N2c2ccc(C)cc2)cc1. The zero-order chi connectivity index (χ0) is 16.5. The maximum Gasteiger partial charge on any atom is 0.312 e. The second kappa shape index (κ2) is 6.12. The van der Waals surface area contributed by atoms with Crippen LogP contribution in [0.15, 0.2) is 72.8 Å². The molecule has 0 saturated heterocycles. The van der Waals surface area contributed by atoms with Crippen LogP contribution < -0.4 is 20.8 Å². The number of nitrogens with zero attached hydrogens (tertiary/aromatic N) is 2. The van der Waals surface area contributed by atoms with Gasteiger partial charge in [-0.15, -0.1) is 0 Å². The van der Waals surface area contributed by atoms with Crippen molar-refractivity contribution in [3.05, 3.63) is 83.9 Å². The van der Waals surface area contributed by atoms with E-state index in [4.69, 9.17) is 0 Å². The summed E-state index contributed by atoms with van der Waals surface area (Å²) >= 11 is 0. The maximum absolute atomic E-state index is 2.20. The van der Waals surface area contributed by atoms with Crippen molar-refractivity contribution in [2.75, 3.05) is 9.84 Å². The molecule has 0 aromatic heterocycles. The van der Waals surface area contributed by atoms with Gasteiger partial charge >= 0.3 is 14.8 Å². The van der Waals surface area contributed by atoms with E-state index in [2.05, 4.69) is 111 Å². The Labute approximate surface area is 145 Å². The third kappa shape index (κ3) is 2.80. The van der Waals surface area contributed by atoms with Gasteiger partial charge in [0.15, 0.2) is 0 Å². The second-order valence-corrected chi connectivity index (χ2v) is 6.25. The summed E-state index contributed by atoms with van der Waals surface area (Å²) in [7, 11) is 4.39. The van der Waals surface area contributed by atoms with Gasteiger partial charge in [-0.25, -0.2) is 0 Å². The summed E-state index contributed by atoms with van der Waals surface area (Å²) < 4.78 is 0. The van der Waals surface area contributed by atoms with Gasteiger partial charge in [0.1, 0.15) is 0 Å². The van der Waals surface area contributed by atoms with Gasteiger partial charge in [-0.1, -0.05) is 70.6 Å². The normalized spacial score (nSPS) is 13.1. The lowest BCUT2D eigenvalue weighted by Gasteiger charge is -2.42. The van der Waals surface area contributed by atoms with Crippen molar-refractivity contribution in [1.82, 2.24) is 0 Å². The fourth-order valence-corrected chi connectivity index (χ4v) is 2.93. The Balaban J connectivity index is 1.78. The van der Waals surface area contributed by atoms with E-state index in [1.54, 1.807) is 0 Å². The molecule has 3 aromatic rings. The van der Waals surface area contributed by atoms with E-state index in [0.717, 1.165) is 11.4 Å². The predicted molar refractivity (Wildman–Crippen MR) is 105 cm³/mol. The van der Waals surface area contributed by atoms with E-state index in [1.807, 2.05) is 0 Å². The molecule has 4 heteroatoms. The van der Waals surface area contributed by atoms with Gasteiger partial charge in [-0.3, -0.25) is 0 Å². The molecule has 1 heterocycles. The summed E-state index contributed by atoms with van der Waals surface area (Å²) in [5, 5.41) is 0. The van der Waals surface area contributed by atoms with Crippen LogP contribution >= 0.6 is 0 Å². The minimum Gasteiger partial charge on any atom is -0.342 e. The fraction of sp³-hybridized carbons (Fsp3) is 0.100. The van der Waals surface area contributed by atoms with Gasteiger partial charge in [0.05, 0.1) is 0 Å². The average molecular weight is 308 g/mol. The molecular weight excluding hydrogens is 290 g/mol. The lowest BCUT2D eigenvalue weighted by molar-refractivity contribution is 1.12. The van der Waals surface area contributed by atoms with Crippen LogP contribution in [0.1, 0.15) is 11.1 Å². The van der Waals surface area contributed by atoms with E-state index in [9.17, 15) is 0 Å². The zero-order valence-corrected chi connectivity index (χ0v) is 14.0. The van der Waals surface area contributed by atoms with Gasteiger partial charge in [0.25, 0.3) is 0 Å². The summed E-state index contributed by atoms with van der Waals surface area (Å²) in [4.78, 5) is 4.40. The van der Waals surface area contributed by atoms with E-state index in [0.29, 0.717) is 0 Å². The number of benzene rings is 3. The van der Waals surface area contributed by atoms with Crippen molar-refractivity contribution >= 4 is 37.1 Å². The Kier molecular flexibility index (Phi) is 3.81. The average Bonchev–Trinajstić information content (AvgIpc) is 2.62. The number of hydrogen-bond acceptors (Lipinski definition) is 2. The van der Waals surface area contributed by atoms with Crippen molar-refractivity contribution in [1.29, 1.82) is 0 Å². The number of hydrazine groups is 1. The number of aryl methyl sites for hydroxylation is 2. The van der Waals surface area contributed by atoms with Gasteiger partial charge < -0.3 is 9.84 Å². The molecule has 0 atom stereocenters. The zero-order valence-electron chi connectivity index (χ0n) is 14.0. The quantitative estimate of drug-likeness (QED) is 0.672. The van der Waals surface area contributed by atoms with Crippen LogP contribution in [0.2, 0.25) is 0 Å². The summed E-state index contributed by atoms with van der Waals surface area (Å²) in [6.45, 7) is 4.23. The highest BCUT2D eigenvalue weighted by molar-refractivity contribution is 6.76. The molecule has 0 bridgehead atoms. The number of hydrogen-bond donors (Lipinski definition) is 0. The van der Waals surface area contributed by atoms with Crippen molar-refractivity contribution in [3.63, 3.8) is 0 Å². The molecule has 114 valence electrons. The van der Waals surface area contributed by atoms with Crippen LogP contribution in [0.5, 0.6) is 0 Å². The molecule has 0 unspecified atom stereocenters. The van der Waals surface area contributed by atoms with Crippen LogP contribution in [0.3, 0.4) is 0 Å². The van der Waals surface area contributed by atoms with Crippen LogP contribution in [-0.4, -0.2) is 14.8 Å². The Bertz CT molecular complexity index is 772. The maximum atomic E-state index is 2.20. The largest absolute Gasteiger partial charge is 0.342 e. The van der Waals surface area contributed by atoms with E-state index in [-0.39, 0.29) is 0 Å². The topological polar surface area (TPSA) is 6.48 Å². The molecule has 3 aromatic carbocycles. The monoisotopic (exact) mass is 308 g/mol. The molecule has 1 aliphatic heterocycles. The highest BCUT2D eigenvalue weighted by Crippen LogP contribution is 2.23. The molecule has 0 aliphatic carbocycles. The van der Waals surface area contributed by atoms with E-state index >= 15 is 0 Å². The van der Waals surface area contributed by atoms with Gasteiger partial charge in [0, 0.05) is 11.4 Å². The molecule has 4 rings (SSSR count). The van der Waals surface area contributed by atoms with Gasteiger partial charge in [0.2, 0.25) is 0 Å². The Morgan fingerprint density at radius 1 is 0.542 bits per heavy atom. The summed E-state index contributed by atoms with van der Waals surface area (Å²) in [5.74, 6) is 0. The van der Waals surface area contributed by atoms with Gasteiger partial charge in [-0.2, -0.15) is 0 Å². The van der Waals surface area contributed by atoms with Crippen LogP contribution in [-0.2, 0) is 0 Å². The van der Waals surface area contributed by atoms with Crippen molar-refractivity contribution in [2.24, 2.45) is 0 Å². The third-order valence-electron chi connectivity index (χ3n) is 4.35. The smallest absolute Gasteiger partial charge is 0.312 e. The third-order valence-corrected chi connectivity index (χ3v) is 4.35. The molecule has 0 spiro atoms. The first-order chi connectivity index (χ1) is 11.7. The highest BCUT2D eigenvalue weighted by Gasteiger charge is 2.27. The van der Waals surface area contributed by atoms with Crippen LogP contribution in [0.25, 0.3) is 0 Å². The van der Waals surface area contributed by atoms with E-state index in [1.165, 1.54) is 22.1 Å². The molecule has 2 radical (unpaired) electrons. The molecule has 1 aliphatic rings. The van der Waals surface area contributed by atoms with Crippen molar-refractivity contribution in [2.45, 2.75) is 13.8 Å². The standard InChI is InChI=1S/C20H18B2N2/c1-15-7-11-17(12-8-15)23-21-19-5-3-4-6-20(19)22-24(23)18-13-9-16(2)10-14-18/h3-14H,1-2H3. The Morgan fingerprint density at radius 3 is 1.29 bits per heavy atom. The second-order valence-electron chi connectivity index (χ2n) is 6.25. The highest BCUT2D eigenvalue weighted by atomic mass is 15.6. The molecule has 24 heavy (non-hydrogen) atoms. The first kappa shape index (κ1) is 14.9. The molecule has 0 amide bonds. The summed E-state index contributed by atoms with van der Waals surface area (Å²) in [5.41, 5.74) is 7.27. The van der Waals surface area contributed by atoms with Crippen LogP contribution in [0.4, 0.5) is 11.4 Å². The molecule has 0 fully saturated rings. The predicted octanol–water partition coefficient (Wildman–Crippen LogP) is 2.73. The first-order valence-corrected chi connectivity index (χ1v) is 8.21. The minimum absolute atomic E-state index is 1.15. The molecule has 0 saturated carbocycles. The van der Waals surface area contributed by atoms with E-state index < -0.39 is 0 Å². The van der Waals surface area contributed by atoms with Crippen LogP contribution in [0, 0.1) is 13.8 Å². The number of rotatable bonds is 2. The number of anilines is 2. The Morgan fingerprint density at radius 2 is 0.917 bits per heavy atom. The first-order valence-electron chi connectivity index (χ1n) is 8.21. The summed E-state index contributed by atoms with van der Waals surface area (Å²) in [6, 6.07) is 25.7. The van der Waals surface area contributed by atoms with Crippen molar-refractivity contribution in [3.8, 4) is 0 Å². The number of fused-ring (bicyclic) bond motifs is 1. The van der Waals surface area contributed by atoms with Crippen molar-refractivity contribution < 1.29 is 0 Å². The molecular formula is C20H18B2N2. The minimum atomic E-state index is 1.15. The lowest BCUT2D eigenvalue weighted by Crippen LogP contribution is -2.63. The molecule has 2 nitrogen and oxygen atoms in total. The van der Waals surface area contributed by atoms with Gasteiger partial charge in [-0.05, 0) is 38.1 Å². The molecule has 0 N–H and O–H groups in total. The Hall–Kier alpha value is -2.61.